The van der Waals surface area contributed by atoms with Crippen LogP contribution in [0.15, 0.2) is 42.9 Å². The Labute approximate surface area is 166 Å². The molecule has 2 aromatic heterocycles. The average molecular weight is 401 g/mol. The highest BCUT2D eigenvalue weighted by Crippen LogP contribution is 2.29. The summed E-state index contributed by atoms with van der Waals surface area (Å²) in [5, 5.41) is 15.8. The van der Waals surface area contributed by atoms with E-state index in [-0.39, 0.29) is 17.9 Å². The first-order chi connectivity index (χ1) is 13.7. The lowest BCUT2D eigenvalue weighted by molar-refractivity contribution is 0.00549. The Morgan fingerprint density at radius 1 is 1.28 bits per heavy atom. The van der Waals surface area contributed by atoms with Crippen LogP contribution in [0.1, 0.15) is 35.6 Å². The van der Waals surface area contributed by atoms with Gasteiger partial charge < -0.3 is 10.4 Å². The molecule has 0 saturated carbocycles. The van der Waals surface area contributed by atoms with Gasteiger partial charge in [-0.3, -0.25) is 9.78 Å². The molecule has 0 bridgehead atoms. The molecule has 1 amide bonds. The summed E-state index contributed by atoms with van der Waals surface area (Å²) in [6.07, 6.45) is 2.71. The van der Waals surface area contributed by atoms with Crippen LogP contribution in [-0.2, 0) is 5.92 Å². The number of rotatable bonds is 6. The standard InChI is InChI=1S/C20H21F2N5O2/c1-12-4-6-16(23-9-12)14-5-7-17(15(8-14)18(29)26-13(2)10-28)27-19(20(3,21)22)24-11-25-27/h4-9,11,13,28H,10H2,1-3H3,(H,26,29)/t13-/m0/s1. The Balaban J connectivity index is 2.14. The van der Waals surface area contributed by atoms with E-state index in [1.54, 1.807) is 25.3 Å². The highest BCUT2D eigenvalue weighted by Gasteiger charge is 2.32. The zero-order chi connectivity index (χ0) is 21.2. The van der Waals surface area contributed by atoms with Gasteiger partial charge in [0, 0.05) is 24.7 Å². The number of hydrogen-bond acceptors (Lipinski definition) is 5. The summed E-state index contributed by atoms with van der Waals surface area (Å²) in [6.45, 7) is 3.99. The summed E-state index contributed by atoms with van der Waals surface area (Å²) >= 11 is 0. The molecule has 1 atom stereocenters. The third kappa shape index (κ3) is 4.45. The minimum absolute atomic E-state index is 0.112. The molecule has 0 spiro atoms. The third-order valence-electron chi connectivity index (χ3n) is 4.27. The van der Waals surface area contributed by atoms with Crippen LogP contribution in [0.3, 0.4) is 0 Å². The van der Waals surface area contributed by atoms with Crippen LogP contribution < -0.4 is 5.32 Å². The lowest BCUT2D eigenvalue weighted by atomic mass is 10.0. The van der Waals surface area contributed by atoms with Gasteiger partial charge in [0.25, 0.3) is 5.91 Å². The van der Waals surface area contributed by atoms with Gasteiger partial charge >= 0.3 is 5.92 Å². The summed E-state index contributed by atoms with van der Waals surface area (Å²) in [5.74, 6) is -4.36. The van der Waals surface area contributed by atoms with Gasteiger partial charge in [0.15, 0.2) is 0 Å². The number of carbonyl (C=O) groups excluding carboxylic acids is 1. The lowest BCUT2D eigenvalue weighted by Gasteiger charge is -2.17. The van der Waals surface area contributed by atoms with E-state index in [2.05, 4.69) is 20.4 Å². The van der Waals surface area contributed by atoms with E-state index in [1.807, 2.05) is 19.1 Å². The molecule has 3 rings (SSSR count). The van der Waals surface area contributed by atoms with E-state index in [9.17, 15) is 18.7 Å². The summed E-state index contributed by atoms with van der Waals surface area (Å²) in [6, 6.07) is 7.95. The maximum absolute atomic E-state index is 13.9. The number of benzene rings is 1. The van der Waals surface area contributed by atoms with Crippen molar-refractivity contribution in [2.45, 2.75) is 32.7 Å². The number of alkyl halides is 2. The van der Waals surface area contributed by atoms with Crippen molar-refractivity contribution in [3.05, 3.63) is 59.8 Å². The Bertz CT molecular complexity index is 1010. The van der Waals surface area contributed by atoms with Gasteiger partial charge in [-0.1, -0.05) is 12.1 Å². The molecule has 3 aromatic rings. The van der Waals surface area contributed by atoms with Crippen LogP contribution in [0, 0.1) is 6.92 Å². The predicted octanol–water partition coefficient (Wildman–Crippen LogP) is 2.86. The highest BCUT2D eigenvalue weighted by atomic mass is 19.3. The fourth-order valence-corrected chi connectivity index (χ4v) is 2.76. The number of amides is 1. The second-order valence-corrected chi connectivity index (χ2v) is 6.89. The number of halogens is 2. The molecular formula is C20H21F2N5O2. The maximum Gasteiger partial charge on any atom is 0.303 e. The number of aliphatic hydroxyl groups is 1. The first-order valence-electron chi connectivity index (χ1n) is 8.98. The molecule has 0 aliphatic rings. The van der Waals surface area contributed by atoms with E-state index in [4.69, 9.17) is 0 Å². The van der Waals surface area contributed by atoms with Crippen molar-refractivity contribution in [1.29, 1.82) is 0 Å². The molecule has 0 fully saturated rings. The number of nitrogens with zero attached hydrogens (tertiary/aromatic N) is 4. The molecular weight excluding hydrogens is 380 g/mol. The molecule has 152 valence electrons. The van der Waals surface area contributed by atoms with E-state index in [0.29, 0.717) is 18.2 Å². The van der Waals surface area contributed by atoms with Gasteiger partial charge in [0.05, 0.1) is 23.6 Å². The first-order valence-corrected chi connectivity index (χ1v) is 8.98. The number of carbonyl (C=O) groups is 1. The second kappa shape index (κ2) is 8.04. The number of pyridine rings is 1. The van der Waals surface area contributed by atoms with Gasteiger partial charge in [-0.15, -0.1) is 0 Å². The van der Waals surface area contributed by atoms with Crippen molar-refractivity contribution in [1.82, 2.24) is 25.1 Å². The monoisotopic (exact) mass is 401 g/mol. The Morgan fingerprint density at radius 3 is 2.66 bits per heavy atom. The highest BCUT2D eigenvalue weighted by molar-refractivity contribution is 5.99. The van der Waals surface area contributed by atoms with E-state index >= 15 is 0 Å². The zero-order valence-electron chi connectivity index (χ0n) is 16.2. The van der Waals surface area contributed by atoms with Crippen molar-refractivity contribution in [3.8, 4) is 16.9 Å². The Morgan fingerprint density at radius 2 is 2.03 bits per heavy atom. The smallest absolute Gasteiger partial charge is 0.303 e. The molecule has 0 saturated heterocycles. The summed E-state index contributed by atoms with van der Waals surface area (Å²) in [5.41, 5.74) is 2.52. The molecule has 2 N–H and O–H groups in total. The first kappa shape index (κ1) is 20.5. The molecule has 2 heterocycles. The van der Waals surface area contributed by atoms with Crippen LogP contribution in [-0.4, -0.2) is 43.4 Å². The molecule has 9 heteroatoms. The number of nitrogens with one attached hydrogen (secondary N) is 1. The largest absolute Gasteiger partial charge is 0.394 e. The van der Waals surface area contributed by atoms with Crippen LogP contribution in [0.4, 0.5) is 8.78 Å². The van der Waals surface area contributed by atoms with E-state index in [1.165, 1.54) is 6.07 Å². The van der Waals surface area contributed by atoms with Gasteiger partial charge in [-0.05, 0) is 37.6 Å². The summed E-state index contributed by atoms with van der Waals surface area (Å²) in [4.78, 5) is 20.8. The van der Waals surface area contributed by atoms with Gasteiger partial charge in [0.1, 0.15) is 6.33 Å². The fraction of sp³-hybridized carbons (Fsp3) is 0.300. The second-order valence-electron chi connectivity index (χ2n) is 6.89. The fourth-order valence-electron chi connectivity index (χ4n) is 2.76. The molecule has 0 aliphatic carbocycles. The molecule has 1 aromatic carbocycles. The Kier molecular flexibility index (Phi) is 5.69. The molecule has 0 unspecified atom stereocenters. The third-order valence-corrected chi connectivity index (χ3v) is 4.27. The predicted molar refractivity (Wildman–Crippen MR) is 103 cm³/mol. The van der Waals surface area contributed by atoms with E-state index < -0.39 is 23.7 Å². The van der Waals surface area contributed by atoms with Crippen molar-refractivity contribution in [2.75, 3.05) is 6.61 Å². The number of aromatic nitrogens is 4. The SMILES string of the molecule is Cc1ccc(-c2ccc(-n3ncnc3C(C)(F)F)c(C(=O)N[C@@H](C)CO)c2)nc1. The normalized spacial score (nSPS) is 12.6. The molecule has 7 nitrogen and oxygen atoms in total. The molecule has 29 heavy (non-hydrogen) atoms. The number of aryl methyl sites for hydroxylation is 1. The van der Waals surface area contributed by atoms with Gasteiger partial charge in [-0.2, -0.15) is 13.9 Å². The van der Waals surface area contributed by atoms with Crippen molar-refractivity contribution >= 4 is 5.91 Å². The lowest BCUT2D eigenvalue weighted by Crippen LogP contribution is -2.35. The minimum Gasteiger partial charge on any atom is -0.394 e. The summed E-state index contributed by atoms with van der Waals surface area (Å²) < 4.78 is 28.8. The van der Waals surface area contributed by atoms with E-state index in [0.717, 1.165) is 16.6 Å². The van der Waals surface area contributed by atoms with Crippen LogP contribution in [0.25, 0.3) is 16.9 Å². The van der Waals surface area contributed by atoms with Crippen molar-refractivity contribution < 1.29 is 18.7 Å². The van der Waals surface area contributed by atoms with Crippen LogP contribution in [0.2, 0.25) is 0 Å². The molecule has 0 aliphatic heterocycles. The number of hydrogen-bond donors (Lipinski definition) is 2. The average Bonchev–Trinajstić information content (AvgIpc) is 3.18. The molecule has 0 radical (unpaired) electrons. The number of aliphatic hydroxyl groups excluding tert-OH is 1. The zero-order valence-corrected chi connectivity index (χ0v) is 16.2. The van der Waals surface area contributed by atoms with Gasteiger partial charge in [0.2, 0.25) is 5.82 Å². The van der Waals surface area contributed by atoms with Crippen LogP contribution >= 0.6 is 0 Å². The Hall–Kier alpha value is -3.20. The van der Waals surface area contributed by atoms with Crippen molar-refractivity contribution in [3.63, 3.8) is 0 Å². The van der Waals surface area contributed by atoms with Gasteiger partial charge in [-0.25, -0.2) is 9.67 Å². The maximum atomic E-state index is 13.9. The topological polar surface area (TPSA) is 92.9 Å². The minimum atomic E-state index is -3.25. The van der Waals surface area contributed by atoms with Crippen molar-refractivity contribution in [2.24, 2.45) is 0 Å². The quantitative estimate of drug-likeness (QED) is 0.663. The summed E-state index contributed by atoms with van der Waals surface area (Å²) in [7, 11) is 0. The van der Waals surface area contributed by atoms with Crippen LogP contribution in [0.5, 0.6) is 0 Å².